The molecule has 3 rings (SSSR count). The summed E-state index contributed by atoms with van der Waals surface area (Å²) in [5.74, 6) is -0.365. The molecule has 0 atom stereocenters. The molecule has 0 fully saturated rings. The third-order valence-corrected chi connectivity index (χ3v) is 3.36. The Kier molecular flexibility index (Phi) is 3.91. The second-order valence-corrected chi connectivity index (χ2v) is 4.99. The average Bonchev–Trinajstić information content (AvgIpc) is 3.09. The van der Waals surface area contributed by atoms with Gasteiger partial charge in [0.1, 0.15) is 11.9 Å². The number of hydrogen-bond acceptors (Lipinski definition) is 6. The summed E-state index contributed by atoms with van der Waals surface area (Å²) in [5.41, 5.74) is 7.80. The molecule has 0 spiro atoms. The standard InChI is InChI=1S/C16H13N7O/c1-10-11(9-17)7-14(15(18)24)16(21-10)22-12-3-2-4-13(8-12)23-19-5-6-20-23/h2-8H,1H3,(H2,18,24)(H,21,22). The van der Waals surface area contributed by atoms with Crippen LogP contribution in [0.2, 0.25) is 0 Å². The van der Waals surface area contributed by atoms with Gasteiger partial charge in [0.15, 0.2) is 0 Å². The predicted molar refractivity (Wildman–Crippen MR) is 86.8 cm³/mol. The number of benzene rings is 1. The number of hydrogen-bond donors (Lipinski definition) is 2. The van der Waals surface area contributed by atoms with E-state index >= 15 is 0 Å². The molecule has 2 aromatic heterocycles. The van der Waals surface area contributed by atoms with Gasteiger partial charge in [0.05, 0.1) is 34.9 Å². The molecular formula is C16H13N7O. The van der Waals surface area contributed by atoms with Crippen molar-refractivity contribution in [3.05, 3.63) is 59.5 Å². The van der Waals surface area contributed by atoms with Crippen molar-refractivity contribution in [1.82, 2.24) is 20.0 Å². The molecule has 1 amide bonds. The number of carbonyl (C=O) groups is 1. The van der Waals surface area contributed by atoms with Crippen molar-refractivity contribution in [3.8, 4) is 11.8 Å². The zero-order chi connectivity index (χ0) is 17.1. The maximum absolute atomic E-state index is 11.7. The SMILES string of the molecule is Cc1nc(Nc2cccc(-n3nccn3)c2)c(C(N)=O)cc1C#N. The van der Waals surface area contributed by atoms with Crippen molar-refractivity contribution in [2.75, 3.05) is 5.32 Å². The zero-order valence-electron chi connectivity index (χ0n) is 12.8. The first-order valence-electron chi connectivity index (χ1n) is 7.04. The summed E-state index contributed by atoms with van der Waals surface area (Å²) in [4.78, 5) is 17.4. The monoisotopic (exact) mass is 319 g/mol. The summed E-state index contributed by atoms with van der Waals surface area (Å²) in [6, 6.07) is 10.7. The number of carbonyl (C=O) groups excluding carboxylic acids is 1. The fourth-order valence-electron chi connectivity index (χ4n) is 2.20. The quantitative estimate of drug-likeness (QED) is 0.754. The number of aryl methyl sites for hydroxylation is 1. The minimum absolute atomic E-state index is 0.153. The highest BCUT2D eigenvalue weighted by Crippen LogP contribution is 2.22. The third-order valence-electron chi connectivity index (χ3n) is 3.36. The van der Waals surface area contributed by atoms with E-state index in [1.165, 1.54) is 10.9 Å². The van der Waals surface area contributed by atoms with Crippen LogP contribution in [0.5, 0.6) is 0 Å². The lowest BCUT2D eigenvalue weighted by molar-refractivity contribution is 0.100. The van der Waals surface area contributed by atoms with Crippen molar-refractivity contribution >= 4 is 17.4 Å². The first-order chi connectivity index (χ1) is 11.6. The van der Waals surface area contributed by atoms with Crippen LogP contribution in [0, 0.1) is 18.3 Å². The van der Waals surface area contributed by atoms with Gasteiger partial charge in [-0.2, -0.15) is 20.3 Å². The van der Waals surface area contributed by atoms with E-state index in [1.54, 1.807) is 25.4 Å². The number of amides is 1. The molecule has 0 aliphatic rings. The number of anilines is 2. The van der Waals surface area contributed by atoms with Gasteiger partial charge < -0.3 is 11.1 Å². The fraction of sp³-hybridized carbons (Fsp3) is 0.0625. The number of nitrogens with one attached hydrogen (secondary N) is 1. The lowest BCUT2D eigenvalue weighted by atomic mass is 10.1. The molecule has 1 aromatic carbocycles. The summed E-state index contributed by atoms with van der Waals surface area (Å²) < 4.78 is 0. The molecule has 8 nitrogen and oxygen atoms in total. The smallest absolute Gasteiger partial charge is 0.252 e. The summed E-state index contributed by atoms with van der Waals surface area (Å²) in [6.45, 7) is 1.69. The Labute approximate surface area is 137 Å². The van der Waals surface area contributed by atoms with Gasteiger partial charge in [0, 0.05) is 5.69 Å². The molecule has 3 aromatic rings. The molecule has 0 saturated heterocycles. The Morgan fingerprint density at radius 3 is 2.71 bits per heavy atom. The minimum atomic E-state index is -0.661. The predicted octanol–water partition coefficient (Wildman–Crippen LogP) is 1.68. The Bertz CT molecular complexity index is 942. The van der Waals surface area contributed by atoms with Gasteiger partial charge in [-0.3, -0.25) is 4.79 Å². The largest absolute Gasteiger partial charge is 0.365 e. The van der Waals surface area contributed by atoms with E-state index in [0.717, 1.165) is 5.69 Å². The normalized spacial score (nSPS) is 10.2. The van der Waals surface area contributed by atoms with Crippen molar-refractivity contribution in [1.29, 1.82) is 5.26 Å². The second-order valence-electron chi connectivity index (χ2n) is 4.99. The molecule has 2 heterocycles. The Balaban J connectivity index is 2.00. The van der Waals surface area contributed by atoms with Crippen LogP contribution in [0.3, 0.4) is 0 Å². The zero-order valence-corrected chi connectivity index (χ0v) is 12.8. The van der Waals surface area contributed by atoms with E-state index < -0.39 is 5.91 Å². The van der Waals surface area contributed by atoms with Crippen LogP contribution in [0.4, 0.5) is 11.5 Å². The first kappa shape index (κ1) is 15.2. The van der Waals surface area contributed by atoms with E-state index in [1.807, 2.05) is 24.3 Å². The van der Waals surface area contributed by atoms with Crippen molar-refractivity contribution < 1.29 is 4.79 Å². The lowest BCUT2D eigenvalue weighted by Crippen LogP contribution is -2.15. The van der Waals surface area contributed by atoms with Gasteiger partial charge in [-0.05, 0) is 31.2 Å². The van der Waals surface area contributed by atoms with Crippen LogP contribution < -0.4 is 11.1 Å². The highest BCUT2D eigenvalue weighted by molar-refractivity contribution is 5.98. The van der Waals surface area contributed by atoms with Crippen molar-refractivity contribution in [2.45, 2.75) is 6.92 Å². The number of nitrogens with zero attached hydrogens (tertiary/aromatic N) is 5. The molecule has 24 heavy (non-hydrogen) atoms. The first-order valence-corrected chi connectivity index (χ1v) is 7.04. The summed E-state index contributed by atoms with van der Waals surface area (Å²) in [7, 11) is 0. The van der Waals surface area contributed by atoms with Crippen LogP contribution >= 0.6 is 0 Å². The van der Waals surface area contributed by atoms with E-state index in [-0.39, 0.29) is 5.56 Å². The number of nitrogens with two attached hydrogens (primary N) is 1. The number of aromatic nitrogens is 4. The second kappa shape index (κ2) is 6.18. The van der Waals surface area contributed by atoms with Crippen LogP contribution in [0.1, 0.15) is 21.6 Å². The Hall–Kier alpha value is -3.73. The van der Waals surface area contributed by atoms with Gasteiger partial charge in [-0.25, -0.2) is 4.98 Å². The maximum atomic E-state index is 11.7. The molecule has 0 unspecified atom stereocenters. The summed E-state index contributed by atoms with van der Waals surface area (Å²) >= 11 is 0. The molecule has 0 bridgehead atoms. The highest BCUT2D eigenvalue weighted by atomic mass is 16.1. The molecule has 0 aliphatic heterocycles. The Morgan fingerprint density at radius 1 is 1.29 bits per heavy atom. The molecule has 118 valence electrons. The minimum Gasteiger partial charge on any atom is -0.365 e. The van der Waals surface area contributed by atoms with Gasteiger partial charge in [-0.1, -0.05) is 6.07 Å². The number of rotatable bonds is 4. The van der Waals surface area contributed by atoms with Crippen molar-refractivity contribution in [2.24, 2.45) is 5.73 Å². The lowest BCUT2D eigenvalue weighted by Gasteiger charge is -2.12. The van der Waals surface area contributed by atoms with Gasteiger partial charge in [-0.15, -0.1) is 0 Å². The molecule has 3 N–H and O–H groups in total. The van der Waals surface area contributed by atoms with Crippen LogP contribution in [0.15, 0.2) is 42.7 Å². The molecular weight excluding hydrogens is 306 g/mol. The van der Waals surface area contributed by atoms with Crippen LogP contribution in [0.25, 0.3) is 5.69 Å². The van der Waals surface area contributed by atoms with Crippen molar-refractivity contribution in [3.63, 3.8) is 0 Å². The molecule has 0 aliphatic carbocycles. The average molecular weight is 319 g/mol. The van der Waals surface area contributed by atoms with E-state index in [0.29, 0.717) is 22.8 Å². The third kappa shape index (κ3) is 2.91. The van der Waals surface area contributed by atoms with Crippen LogP contribution in [-0.2, 0) is 0 Å². The van der Waals surface area contributed by atoms with Gasteiger partial charge in [0.25, 0.3) is 5.91 Å². The Morgan fingerprint density at radius 2 is 2.04 bits per heavy atom. The van der Waals surface area contributed by atoms with E-state index in [2.05, 4.69) is 20.5 Å². The van der Waals surface area contributed by atoms with Gasteiger partial charge in [0.2, 0.25) is 0 Å². The molecule has 0 radical (unpaired) electrons. The fourth-order valence-corrected chi connectivity index (χ4v) is 2.20. The molecule has 0 saturated carbocycles. The number of primary amides is 1. The number of nitriles is 1. The highest BCUT2D eigenvalue weighted by Gasteiger charge is 2.14. The number of pyridine rings is 1. The van der Waals surface area contributed by atoms with Gasteiger partial charge >= 0.3 is 0 Å². The topological polar surface area (TPSA) is 123 Å². The summed E-state index contributed by atoms with van der Waals surface area (Å²) in [5, 5.41) is 20.3. The summed E-state index contributed by atoms with van der Waals surface area (Å²) in [6.07, 6.45) is 3.16. The molecule has 8 heteroatoms. The van der Waals surface area contributed by atoms with E-state index in [4.69, 9.17) is 11.0 Å². The van der Waals surface area contributed by atoms with Crippen LogP contribution in [-0.4, -0.2) is 25.9 Å². The maximum Gasteiger partial charge on any atom is 0.252 e. The van der Waals surface area contributed by atoms with E-state index in [9.17, 15) is 4.79 Å².